The van der Waals surface area contributed by atoms with E-state index in [4.69, 9.17) is 31.8 Å². The summed E-state index contributed by atoms with van der Waals surface area (Å²) in [6.07, 6.45) is 4.17. The monoisotopic (exact) mass is 440 g/mol. The Morgan fingerprint density at radius 3 is 1.28 bits per heavy atom. The van der Waals surface area contributed by atoms with Crippen LogP contribution in [0.5, 0.6) is 11.5 Å². The molecular formula is C24H36N6O2. The SMILES string of the molecule is N=C(N)c1ccc(OCCCNCCCCNCCCOc2ccc(C(=N)N)cc2)cc1. The minimum Gasteiger partial charge on any atom is -0.494 e. The molecule has 0 aromatic heterocycles. The lowest BCUT2D eigenvalue weighted by Gasteiger charge is -2.09. The molecule has 0 aliphatic carbocycles. The first kappa shape index (κ1) is 25.2. The van der Waals surface area contributed by atoms with Crippen LogP contribution in [0.1, 0.15) is 36.8 Å². The molecule has 32 heavy (non-hydrogen) atoms. The summed E-state index contributed by atoms with van der Waals surface area (Å²) < 4.78 is 11.4. The van der Waals surface area contributed by atoms with Gasteiger partial charge in [0.2, 0.25) is 0 Å². The Hall–Kier alpha value is -3.10. The molecule has 0 saturated heterocycles. The largest absolute Gasteiger partial charge is 0.494 e. The van der Waals surface area contributed by atoms with Crippen molar-refractivity contribution in [1.29, 1.82) is 10.8 Å². The Morgan fingerprint density at radius 2 is 0.938 bits per heavy atom. The first-order valence-electron chi connectivity index (χ1n) is 11.1. The van der Waals surface area contributed by atoms with E-state index < -0.39 is 0 Å². The van der Waals surface area contributed by atoms with Gasteiger partial charge >= 0.3 is 0 Å². The summed E-state index contributed by atoms with van der Waals surface area (Å²) in [4.78, 5) is 0. The molecule has 174 valence electrons. The lowest BCUT2D eigenvalue weighted by atomic mass is 10.2. The standard InChI is InChI=1S/C24H36N6O2/c25-23(26)19-5-9-21(10-6-19)31-17-3-15-29-13-1-2-14-30-16-4-18-32-22-11-7-20(8-12-22)24(27)28/h5-12,29-30H,1-4,13-18H2,(H3,25,26)(H3,27,28). The van der Waals surface area contributed by atoms with Crippen LogP contribution >= 0.6 is 0 Å². The van der Waals surface area contributed by atoms with Crippen LogP contribution in [-0.2, 0) is 0 Å². The van der Waals surface area contributed by atoms with Crippen molar-refractivity contribution in [1.82, 2.24) is 10.6 Å². The molecule has 0 amide bonds. The maximum Gasteiger partial charge on any atom is 0.122 e. The lowest BCUT2D eigenvalue weighted by molar-refractivity contribution is 0.307. The summed E-state index contributed by atoms with van der Waals surface area (Å²) in [7, 11) is 0. The highest BCUT2D eigenvalue weighted by atomic mass is 16.5. The number of benzene rings is 2. The maximum atomic E-state index is 7.38. The smallest absolute Gasteiger partial charge is 0.122 e. The second-order valence-electron chi connectivity index (χ2n) is 7.49. The second-order valence-corrected chi connectivity index (χ2v) is 7.49. The minimum absolute atomic E-state index is 0.0684. The number of hydrogen-bond donors (Lipinski definition) is 6. The number of ether oxygens (including phenoxy) is 2. The Labute approximate surface area is 190 Å². The van der Waals surface area contributed by atoms with Gasteiger partial charge < -0.3 is 31.6 Å². The fourth-order valence-corrected chi connectivity index (χ4v) is 2.99. The van der Waals surface area contributed by atoms with Gasteiger partial charge in [-0.3, -0.25) is 10.8 Å². The molecule has 0 radical (unpaired) electrons. The predicted octanol–water partition coefficient (Wildman–Crippen LogP) is 2.45. The Morgan fingerprint density at radius 1 is 0.594 bits per heavy atom. The molecule has 8 heteroatoms. The summed E-state index contributed by atoms with van der Waals surface area (Å²) in [5, 5.41) is 21.6. The molecule has 2 rings (SSSR count). The number of nitrogens with one attached hydrogen (secondary N) is 4. The topological polar surface area (TPSA) is 142 Å². The Bertz CT molecular complexity index is 739. The molecule has 2 aromatic carbocycles. The van der Waals surface area contributed by atoms with Crippen LogP contribution in [0, 0.1) is 10.8 Å². The predicted molar refractivity (Wildman–Crippen MR) is 130 cm³/mol. The Kier molecular flexibility index (Phi) is 11.7. The van der Waals surface area contributed by atoms with Crippen LogP contribution < -0.4 is 31.6 Å². The van der Waals surface area contributed by atoms with Gasteiger partial charge in [-0.15, -0.1) is 0 Å². The van der Waals surface area contributed by atoms with Crippen molar-refractivity contribution in [2.75, 3.05) is 39.4 Å². The van der Waals surface area contributed by atoms with Crippen molar-refractivity contribution in [3.8, 4) is 11.5 Å². The highest BCUT2D eigenvalue weighted by Crippen LogP contribution is 2.12. The quantitative estimate of drug-likeness (QED) is 0.127. The molecule has 0 saturated carbocycles. The van der Waals surface area contributed by atoms with E-state index in [1.807, 2.05) is 24.3 Å². The first-order valence-corrected chi connectivity index (χ1v) is 11.1. The van der Waals surface area contributed by atoms with Crippen molar-refractivity contribution in [2.24, 2.45) is 11.5 Å². The molecule has 8 nitrogen and oxygen atoms in total. The number of unbranched alkanes of at least 4 members (excludes halogenated alkanes) is 1. The molecule has 0 fully saturated rings. The van der Waals surface area contributed by atoms with E-state index in [0.717, 1.165) is 63.4 Å². The van der Waals surface area contributed by atoms with E-state index >= 15 is 0 Å². The van der Waals surface area contributed by atoms with Crippen LogP contribution in [0.4, 0.5) is 0 Å². The molecule has 0 spiro atoms. The zero-order valence-electron chi connectivity index (χ0n) is 18.7. The van der Waals surface area contributed by atoms with Crippen molar-refractivity contribution in [3.63, 3.8) is 0 Å². The van der Waals surface area contributed by atoms with Gasteiger partial charge in [0.05, 0.1) is 13.2 Å². The van der Waals surface area contributed by atoms with Gasteiger partial charge in [0.1, 0.15) is 23.2 Å². The van der Waals surface area contributed by atoms with E-state index in [1.165, 1.54) is 0 Å². The molecule has 0 bridgehead atoms. The lowest BCUT2D eigenvalue weighted by Crippen LogP contribution is -2.22. The molecule has 0 aliphatic rings. The van der Waals surface area contributed by atoms with Gasteiger partial charge in [-0.1, -0.05) is 0 Å². The molecule has 0 aliphatic heterocycles. The summed E-state index contributed by atoms with van der Waals surface area (Å²) in [6.45, 7) is 5.21. The van der Waals surface area contributed by atoms with Crippen molar-refractivity contribution < 1.29 is 9.47 Å². The maximum absolute atomic E-state index is 7.38. The number of amidine groups is 2. The highest BCUT2D eigenvalue weighted by Gasteiger charge is 1.99. The summed E-state index contributed by atoms with van der Waals surface area (Å²) in [5.74, 6) is 1.74. The first-order chi connectivity index (χ1) is 15.6. The van der Waals surface area contributed by atoms with Crippen LogP contribution in [0.25, 0.3) is 0 Å². The number of rotatable bonds is 17. The number of hydrogen-bond acceptors (Lipinski definition) is 6. The molecule has 8 N–H and O–H groups in total. The highest BCUT2D eigenvalue weighted by molar-refractivity contribution is 5.95. The second kappa shape index (κ2) is 14.8. The van der Waals surface area contributed by atoms with E-state index in [0.29, 0.717) is 24.3 Å². The van der Waals surface area contributed by atoms with E-state index in [-0.39, 0.29) is 11.7 Å². The summed E-state index contributed by atoms with van der Waals surface area (Å²) in [6, 6.07) is 14.6. The van der Waals surface area contributed by atoms with Gasteiger partial charge in [0.25, 0.3) is 0 Å². The average Bonchev–Trinajstić information content (AvgIpc) is 2.80. The van der Waals surface area contributed by atoms with Gasteiger partial charge in [-0.2, -0.15) is 0 Å². The molecule has 2 aromatic rings. The van der Waals surface area contributed by atoms with E-state index in [1.54, 1.807) is 24.3 Å². The van der Waals surface area contributed by atoms with Crippen molar-refractivity contribution in [2.45, 2.75) is 25.7 Å². The van der Waals surface area contributed by atoms with Crippen LogP contribution in [0.3, 0.4) is 0 Å². The molecular weight excluding hydrogens is 404 g/mol. The van der Waals surface area contributed by atoms with Crippen LogP contribution in [0.2, 0.25) is 0 Å². The third-order valence-electron chi connectivity index (χ3n) is 4.82. The summed E-state index contributed by atoms with van der Waals surface area (Å²) in [5.41, 5.74) is 12.3. The summed E-state index contributed by atoms with van der Waals surface area (Å²) >= 11 is 0. The fraction of sp³-hybridized carbons (Fsp3) is 0.417. The van der Waals surface area contributed by atoms with E-state index in [2.05, 4.69) is 10.6 Å². The van der Waals surface area contributed by atoms with Crippen molar-refractivity contribution in [3.05, 3.63) is 59.7 Å². The number of nitrogens with two attached hydrogens (primary N) is 2. The molecule has 0 heterocycles. The van der Waals surface area contributed by atoms with Crippen LogP contribution in [-0.4, -0.2) is 51.1 Å². The molecule has 0 unspecified atom stereocenters. The van der Waals surface area contributed by atoms with Gasteiger partial charge in [-0.25, -0.2) is 0 Å². The number of nitrogen functional groups attached to an aromatic ring is 2. The zero-order valence-corrected chi connectivity index (χ0v) is 18.7. The fourth-order valence-electron chi connectivity index (χ4n) is 2.99. The van der Waals surface area contributed by atoms with Crippen molar-refractivity contribution >= 4 is 11.7 Å². The Balaban J connectivity index is 1.35. The normalized spacial score (nSPS) is 10.6. The third-order valence-corrected chi connectivity index (χ3v) is 4.82. The zero-order chi connectivity index (χ0) is 23.0. The van der Waals surface area contributed by atoms with Gasteiger partial charge in [0, 0.05) is 11.1 Å². The third kappa shape index (κ3) is 10.3. The van der Waals surface area contributed by atoms with Crippen LogP contribution in [0.15, 0.2) is 48.5 Å². The van der Waals surface area contributed by atoms with Gasteiger partial charge in [-0.05, 0) is 100 Å². The minimum atomic E-state index is 0.0684. The van der Waals surface area contributed by atoms with E-state index in [9.17, 15) is 0 Å². The molecule has 0 atom stereocenters. The van der Waals surface area contributed by atoms with Gasteiger partial charge in [0.15, 0.2) is 0 Å². The average molecular weight is 441 g/mol.